The van der Waals surface area contributed by atoms with Gasteiger partial charge in [0.2, 0.25) is 0 Å². The van der Waals surface area contributed by atoms with Crippen molar-refractivity contribution < 1.29 is 0 Å². The summed E-state index contributed by atoms with van der Waals surface area (Å²) in [5.74, 6) is 0. The quantitative estimate of drug-likeness (QED) is 0.456. The van der Waals surface area contributed by atoms with E-state index in [4.69, 9.17) is 0 Å². The van der Waals surface area contributed by atoms with Crippen LogP contribution in [0.2, 0.25) is 0 Å². The molecule has 0 saturated heterocycles. The fourth-order valence-electron chi connectivity index (χ4n) is 0.191. The van der Waals surface area contributed by atoms with Gasteiger partial charge < -0.3 is 0 Å². The standard InChI is InChI=1S/C6H10N2.C3H8.C2H6/c1-5(2)6(3)8-7-4;1-3-2;1-2/h1,4H2,2-3H3;3H2,1-2H3;1-2H3/b8-6-;;. The van der Waals surface area contributed by atoms with Crippen LogP contribution < -0.4 is 0 Å². The lowest BCUT2D eigenvalue weighted by Gasteiger charge is -1.90. The molecule has 0 bridgehead atoms. The highest BCUT2D eigenvalue weighted by atomic mass is 15.2. The van der Waals surface area contributed by atoms with Crippen LogP contribution in [-0.2, 0) is 0 Å². The minimum atomic E-state index is 0.833. The number of hydrogen-bond donors (Lipinski definition) is 0. The van der Waals surface area contributed by atoms with Gasteiger partial charge in [0, 0.05) is 6.72 Å². The summed E-state index contributed by atoms with van der Waals surface area (Å²) in [7, 11) is 0. The summed E-state index contributed by atoms with van der Waals surface area (Å²) in [6, 6.07) is 0. The highest BCUT2D eigenvalue weighted by Gasteiger charge is 1.86. The maximum Gasteiger partial charge on any atom is 0.0622 e. The minimum absolute atomic E-state index is 0.833. The monoisotopic (exact) mass is 184 g/mol. The van der Waals surface area contributed by atoms with Crippen LogP contribution in [0.3, 0.4) is 0 Å². The van der Waals surface area contributed by atoms with Crippen LogP contribution in [0.15, 0.2) is 22.4 Å². The van der Waals surface area contributed by atoms with Crippen molar-refractivity contribution in [1.29, 1.82) is 0 Å². The second-order valence-corrected chi connectivity index (χ2v) is 2.31. The van der Waals surface area contributed by atoms with Crippen LogP contribution in [0.25, 0.3) is 0 Å². The molecule has 0 atom stereocenters. The summed E-state index contributed by atoms with van der Waals surface area (Å²) >= 11 is 0. The van der Waals surface area contributed by atoms with Crippen LogP contribution >= 0.6 is 0 Å². The van der Waals surface area contributed by atoms with E-state index in [0.29, 0.717) is 0 Å². The van der Waals surface area contributed by atoms with Gasteiger partial charge in [-0.25, -0.2) is 0 Å². The van der Waals surface area contributed by atoms with Crippen molar-refractivity contribution in [3.05, 3.63) is 12.2 Å². The molecule has 0 fully saturated rings. The van der Waals surface area contributed by atoms with E-state index in [2.05, 4.69) is 37.3 Å². The van der Waals surface area contributed by atoms with Gasteiger partial charge in [0.25, 0.3) is 0 Å². The summed E-state index contributed by atoms with van der Waals surface area (Å²) in [5.41, 5.74) is 1.76. The van der Waals surface area contributed by atoms with Gasteiger partial charge in [-0.3, -0.25) is 0 Å². The Morgan fingerprint density at radius 2 is 1.46 bits per heavy atom. The first kappa shape index (κ1) is 18.0. The number of allylic oxidation sites excluding steroid dienone is 1. The number of rotatable bonds is 2. The molecule has 0 aromatic heterocycles. The van der Waals surface area contributed by atoms with Crippen molar-refractivity contribution in [1.82, 2.24) is 0 Å². The molecule has 0 saturated carbocycles. The summed E-state index contributed by atoms with van der Waals surface area (Å²) in [5, 5.41) is 6.99. The predicted octanol–water partition coefficient (Wildman–Crippen LogP) is 4.08. The van der Waals surface area contributed by atoms with Crippen molar-refractivity contribution in [2.24, 2.45) is 10.2 Å². The normalized spacial score (nSPS) is 8.62. The maximum atomic E-state index is 3.66. The molecule has 0 heterocycles. The molecule has 0 aliphatic rings. The highest BCUT2D eigenvalue weighted by Crippen LogP contribution is 1.90. The first-order chi connectivity index (χ1) is 6.09. The zero-order chi connectivity index (χ0) is 11.3. The fourth-order valence-corrected chi connectivity index (χ4v) is 0.191. The minimum Gasteiger partial charge on any atom is -0.167 e. The van der Waals surface area contributed by atoms with Crippen LogP contribution in [0.4, 0.5) is 0 Å². The summed E-state index contributed by atoms with van der Waals surface area (Å²) in [6.07, 6.45) is 1.25. The molecule has 2 heteroatoms. The van der Waals surface area contributed by atoms with E-state index < -0.39 is 0 Å². The molecule has 0 spiro atoms. The van der Waals surface area contributed by atoms with Gasteiger partial charge in [0.1, 0.15) is 0 Å². The van der Waals surface area contributed by atoms with Crippen LogP contribution in [0.5, 0.6) is 0 Å². The molecule has 0 aliphatic heterocycles. The lowest BCUT2D eigenvalue weighted by Crippen LogP contribution is -1.88. The van der Waals surface area contributed by atoms with Gasteiger partial charge in [-0.05, 0) is 19.4 Å². The zero-order valence-corrected chi connectivity index (χ0v) is 10.0. The van der Waals surface area contributed by atoms with Crippen molar-refractivity contribution in [3.8, 4) is 0 Å². The Hall–Kier alpha value is -0.920. The summed E-state index contributed by atoms with van der Waals surface area (Å²) in [4.78, 5) is 0. The first-order valence-corrected chi connectivity index (χ1v) is 4.76. The average Bonchev–Trinajstić information content (AvgIpc) is 2.10. The third-order valence-corrected chi connectivity index (χ3v) is 0.838. The van der Waals surface area contributed by atoms with E-state index in [-0.39, 0.29) is 0 Å². The Morgan fingerprint density at radius 3 is 1.54 bits per heavy atom. The molecular weight excluding hydrogens is 160 g/mol. The van der Waals surface area contributed by atoms with Crippen LogP contribution in [0.1, 0.15) is 48.0 Å². The van der Waals surface area contributed by atoms with Crippen LogP contribution in [0, 0.1) is 0 Å². The molecule has 0 N–H and O–H groups in total. The van der Waals surface area contributed by atoms with Gasteiger partial charge in [-0.15, -0.1) is 0 Å². The second kappa shape index (κ2) is 17.2. The Labute approximate surface area is 83.5 Å². The predicted molar refractivity (Wildman–Crippen MR) is 64.8 cm³/mol. The molecule has 0 aromatic carbocycles. The molecule has 0 aliphatic carbocycles. The van der Waals surface area contributed by atoms with Gasteiger partial charge in [0.15, 0.2) is 0 Å². The van der Waals surface area contributed by atoms with E-state index in [1.807, 2.05) is 27.7 Å². The Bertz CT molecular complexity index is 146. The highest BCUT2D eigenvalue weighted by molar-refractivity contribution is 5.96. The molecule has 0 radical (unpaired) electrons. The third-order valence-electron chi connectivity index (χ3n) is 0.838. The van der Waals surface area contributed by atoms with E-state index >= 15 is 0 Å². The fraction of sp³-hybridized carbons (Fsp3) is 0.636. The summed E-state index contributed by atoms with van der Waals surface area (Å²) < 4.78 is 0. The van der Waals surface area contributed by atoms with Crippen molar-refractivity contribution in [2.45, 2.75) is 48.0 Å². The van der Waals surface area contributed by atoms with Crippen molar-refractivity contribution in [2.75, 3.05) is 0 Å². The molecule has 0 rings (SSSR count). The lowest BCUT2D eigenvalue weighted by atomic mass is 10.2. The Balaban J connectivity index is -0.000000169. The van der Waals surface area contributed by atoms with E-state index in [9.17, 15) is 0 Å². The second-order valence-electron chi connectivity index (χ2n) is 2.31. The average molecular weight is 184 g/mol. The number of nitrogens with zero attached hydrogens (tertiary/aromatic N) is 2. The molecule has 78 valence electrons. The molecular formula is C11H24N2. The Morgan fingerprint density at radius 1 is 1.15 bits per heavy atom. The smallest absolute Gasteiger partial charge is 0.0622 e. The van der Waals surface area contributed by atoms with Crippen molar-refractivity contribution in [3.63, 3.8) is 0 Å². The molecule has 13 heavy (non-hydrogen) atoms. The SMILES string of the molecule is C=N/N=C(/C)C(=C)C.CC.CCC. The largest absolute Gasteiger partial charge is 0.167 e. The maximum absolute atomic E-state index is 3.66. The zero-order valence-electron chi connectivity index (χ0n) is 10.0. The molecule has 2 nitrogen and oxygen atoms in total. The molecule has 0 unspecified atom stereocenters. The third kappa shape index (κ3) is 24.7. The molecule has 0 amide bonds. The number of hydrogen-bond acceptors (Lipinski definition) is 2. The Kier molecular flexibility index (Phi) is 23.9. The van der Waals surface area contributed by atoms with Crippen molar-refractivity contribution >= 4 is 12.4 Å². The van der Waals surface area contributed by atoms with Gasteiger partial charge in [0.05, 0.1) is 5.71 Å². The topological polar surface area (TPSA) is 24.7 Å². The van der Waals surface area contributed by atoms with E-state index in [0.717, 1.165) is 11.3 Å². The van der Waals surface area contributed by atoms with Crippen LogP contribution in [-0.4, -0.2) is 12.4 Å². The lowest BCUT2D eigenvalue weighted by molar-refractivity contribution is 1.09. The van der Waals surface area contributed by atoms with Gasteiger partial charge in [-0.1, -0.05) is 40.7 Å². The van der Waals surface area contributed by atoms with Gasteiger partial charge >= 0.3 is 0 Å². The van der Waals surface area contributed by atoms with E-state index in [1.54, 1.807) is 0 Å². The van der Waals surface area contributed by atoms with Gasteiger partial charge in [-0.2, -0.15) is 10.2 Å². The first-order valence-electron chi connectivity index (χ1n) is 4.76. The molecule has 0 aromatic rings. The summed E-state index contributed by atoms with van der Waals surface area (Å²) in [6.45, 7) is 18.8. The van der Waals surface area contributed by atoms with E-state index in [1.165, 1.54) is 6.42 Å².